The van der Waals surface area contributed by atoms with Crippen LogP contribution in [0.15, 0.2) is 30.5 Å². The summed E-state index contributed by atoms with van der Waals surface area (Å²) in [5.74, 6) is 1.98. The maximum atomic E-state index is 13.7. The van der Waals surface area contributed by atoms with Crippen molar-refractivity contribution in [1.29, 1.82) is 0 Å². The van der Waals surface area contributed by atoms with Gasteiger partial charge in [-0.05, 0) is 80.7 Å². The van der Waals surface area contributed by atoms with Crippen molar-refractivity contribution < 1.29 is 4.39 Å². The van der Waals surface area contributed by atoms with E-state index >= 15 is 0 Å². The van der Waals surface area contributed by atoms with Crippen LogP contribution in [0.2, 0.25) is 5.02 Å². The highest BCUT2D eigenvalue weighted by atomic mass is 35.5. The first kappa shape index (κ1) is 18.4. The Morgan fingerprint density at radius 2 is 2.00 bits per heavy atom. The van der Waals surface area contributed by atoms with E-state index in [2.05, 4.69) is 15.0 Å². The zero-order valence-electron chi connectivity index (χ0n) is 15.6. The van der Waals surface area contributed by atoms with Crippen molar-refractivity contribution in [3.05, 3.63) is 58.4 Å². The summed E-state index contributed by atoms with van der Waals surface area (Å²) >= 11 is 6.04. The van der Waals surface area contributed by atoms with Crippen LogP contribution in [-0.2, 0) is 6.42 Å². The number of aromatic nitrogens is 3. The van der Waals surface area contributed by atoms with Crippen molar-refractivity contribution in [2.45, 2.75) is 57.8 Å². The second-order valence-electron chi connectivity index (χ2n) is 7.77. The topological polar surface area (TPSA) is 41.6 Å². The molecule has 0 atom stereocenters. The van der Waals surface area contributed by atoms with Gasteiger partial charge in [0.2, 0.25) is 5.95 Å². The summed E-state index contributed by atoms with van der Waals surface area (Å²) in [5, 5.41) is 0.735. The monoisotopic (exact) mass is 385 g/mol. The first-order valence-corrected chi connectivity index (χ1v) is 10.2. The van der Waals surface area contributed by atoms with E-state index in [0.29, 0.717) is 5.92 Å². The summed E-state index contributed by atoms with van der Waals surface area (Å²) in [7, 11) is 0. The van der Waals surface area contributed by atoms with Gasteiger partial charge in [-0.15, -0.1) is 0 Å². The van der Waals surface area contributed by atoms with Gasteiger partial charge >= 0.3 is 0 Å². The van der Waals surface area contributed by atoms with Crippen LogP contribution < -0.4 is 0 Å². The molecular formula is C22H25ClFN3. The Morgan fingerprint density at radius 1 is 1.19 bits per heavy atom. The van der Waals surface area contributed by atoms with E-state index in [9.17, 15) is 4.39 Å². The van der Waals surface area contributed by atoms with Crippen molar-refractivity contribution in [2.24, 2.45) is 5.92 Å². The minimum atomic E-state index is -0.318. The maximum Gasteiger partial charge on any atom is 0.216 e. The SMILES string of the molecule is Cc1c(C2CCC(CCCc3nc4ccc(Cl)cc4[nH]3)CC2)ccnc1F. The molecule has 1 aromatic carbocycles. The number of pyridine rings is 1. The second kappa shape index (κ2) is 7.97. The molecule has 27 heavy (non-hydrogen) atoms. The predicted molar refractivity (Wildman–Crippen MR) is 108 cm³/mol. The maximum absolute atomic E-state index is 13.7. The molecule has 5 heteroatoms. The van der Waals surface area contributed by atoms with Gasteiger partial charge in [0.25, 0.3) is 0 Å². The third-order valence-corrected chi connectivity index (χ3v) is 6.23. The molecule has 4 rings (SSSR count). The van der Waals surface area contributed by atoms with E-state index in [4.69, 9.17) is 11.6 Å². The van der Waals surface area contributed by atoms with Gasteiger partial charge in [-0.2, -0.15) is 4.39 Å². The number of nitrogens with one attached hydrogen (secondary N) is 1. The van der Waals surface area contributed by atoms with E-state index in [-0.39, 0.29) is 5.95 Å². The van der Waals surface area contributed by atoms with E-state index < -0.39 is 0 Å². The molecule has 2 heterocycles. The van der Waals surface area contributed by atoms with Crippen molar-refractivity contribution in [3.63, 3.8) is 0 Å². The molecule has 142 valence electrons. The number of nitrogens with zero attached hydrogens (tertiary/aromatic N) is 2. The van der Waals surface area contributed by atoms with Gasteiger partial charge in [0.1, 0.15) is 5.82 Å². The number of halogens is 2. The number of aryl methyl sites for hydroxylation is 1. The quantitative estimate of drug-likeness (QED) is 0.519. The largest absolute Gasteiger partial charge is 0.342 e. The molecule has 0 aliphatic heterocycles. The van der Waals surface area contributed by atoms with Gasteiger partial charge in [-0.1, -0.05) is 18.0 Å². The average Bonchev–Trinajstić information content (AvgIpc) is 3.06. The molecule has 0 amide bonds. The second-order valence-corrected chi connectivity index (χ2v) is 8.21. The fourth-order valence-electron chi connectivity index (χ4n) is 4.44. The molecular weight excluding hydrogens is 361 g/mol. The van der Waals surface area contributed by atoms with Gasteiger partial charge < -0.3 is 4.98 Å². The van der Waals surface area contributed by atoms with Gasteiger partial charge in [0, 0.05) is 23.2 Å². The predicted octanol–water partition coefficient (Wildman–Crippen LogP) is 6.36. The standard InChI is InChI=1S/C22H25ClFN3/c1-14-18(11-12-25-22(14)24)16-7-5-15(6-8-16)3-2-4-21-26-19-10-9-17(23)13-20(19)27-21/h9-13,15-16H,2-8H2,1H3,(H,26,27). The Hall–Kier alpha value is -1.94. The van der Waals surface area contributed by atoms with E-state index in [1.807, 2.05) is 31.2 Å². The Morgan fingerprint density at radius 3 is 2.81 bits per heavy atom. The number of hydrogen-bond acceptors (Lipinski definition) is 2. The first-order valence-electron chi connectivity index (χ1n) is 9.85. The van der Waals surface area contributed by atoms with Crippen LogP contribution >= 0.6 is 11.6 Å². The lowest BCUT2D eigenvalue weighted by atomic mass is 9.76. The summed E-state index contributed by atoms with van der Waals surface area (Å²) in [4.78, 5) is 11.8. The molecule has 0 bridgehead atoms. The molecule has 1 saturated carbocycles. The zero-order chi connectivity index (χ0) is 18.8. The van der Waals surface area contributed by atoms with Crippen LogP contribution in [-0.4, -0.2) is 15.0 Å². The lowest BCUT2D eigenvalue weighted by molar-refractivity contribution is 0.303. The normalized spacial score (nSPS) is 20.3. The Bertz CT molecular complexity index is 928. The van der Waals surface area contributed by atoms with Crippen LogP contribution in [0.1, 0.15) is 61.4 Å². The molecule has 1 aliphatic carbocycles. The number of imidazole rings is 1. The molecule has 0 radical (unpaired) electrons. The molecule has 0 saturated heterocycles. The van der Waals surface area contributed by atoms with Crippen LogP contribution in [0.3, 0.4) is 0 Å². The van der Waals surface area contributed by atoms with Crippen molar-refractivity contribution in [3.8, 4) is 0 Å². The Balaban J connectivity index is 1.27. The van der Waals surface area contributed by atoms with Gasteiger partial charge in [0.15, 0.2) is 0 Å². The highest BCUT2D eigenvalue weighted by Gasteiger charge is 2.24. The molecule has 1 N–H and O–H groups in total. The Labute approximate surface area is 164 Å². The smallest absolute Gasteiger partial charge is 0.216 e. The fraction of sp³-hybridized carbons (Fsp3) is 0.455. The molecule has 2 aromatic heterocycles. The van der Waals surface area contributed by atoms with Gasteiger partial charge in [-0.25, -0.2) is 9.97 Å². The number of rotatable bonds is 5. The molecule has 0 spiro atoms. The van der Waals surface area contributed by atoms with E-state index in [0.717, 1.165) is 64.6 Å². The Kier molecular flexibility index (Phi) is 5.44. The van der Waals surface area contributed by atoms with Crippen LogP contribution in [0.4, 0.5) is 4.39 Å². The van der Waals surface area contributed by atoms with E-state index in [1.165, 1.54) is 19.3 Å². The molecule has 3 nitrogen and oxygen atoms in total. The lowest BCUT2D eigenvalue weighted by Gasteiger charge is -2.29. The van der Waals surface area contributed by atoms with E-state index in [1.54, 1.807) is 6.20 Å². The average molecular weight is 386 g/mol. The van der Waals surface area contributed by atoms with Gasteiger partial charge in [-0.3, -0.25) is 0 Å². The highest BCUT2D eigenvalue weighted by Crippen LogP contribution is 2.38. The van der Waals surface area contributed by atoms with Crippen LogP contribution in [0.25, 0.3) is 11.0 Å². The fourth-order valence-corrected chi connectivity index (χ4v) is 4.61. The van der Waals surface area contributed by atoms with Crippen molar-refractivity contribution >= 4 is 22.6 Å². The molecule has 1 aliphatic rings. The number of benzene rings is 1. The zero-order valence-corrected chi connectivity index (χ0v) is 16.4. The van der Waals surface area contributed by atoms with Crippen molar-refractivity contribution in [1.82, 2.24) is 15.0 Å². The number of H-pyrrole nitrogens is 1. The summed E-state index contributed by atoms with van der Waals surface area (Å²) < 4.78 is 13.7. The minimum Gasteiger partial charge on any atom is -0.342 e. The first-order chi connectivity index (χ1) is 13.1. The van der Waals surface area contributed by atoms with Crippen LogP contribution in [0, 0.1) is 18.8 Å². The summed E-state index contributed by atoms with van der Waals surface area (Å²) in [6.45, 7) is 1.85. The third kappa shape index (κ3) is 4.16. The lowest BCUT2D eigenvalue weighted by Crippen LogP contribution is -2.15. The summed E-state index contributed by atoms with van der Waals surface area (Å²) in [6.07, 6.45) is 9.70. The molecule has 0 unspecified atom stereocenters. The third-order valence-electron chi connectivity index (χ3n) is 5.99. The van der Waals surface area contributed by atoms with Crippen LogP contribution in [0.5, 0.6) is 0 Å². The number of aromatic amines is 1. The van der Waals surface area contributed by atoms with Gasteiger partial charge in [0.05, 0.1) is 11.0 Å². The minimum absolute atomic E-state index is 0.318. The summed E-state index contributed by atoms with van der Waals surface area (Å²) in [6, 6.07) is 7.77. The van der Waals surface area contributed by atoms with Crippen molar-refractivity contribution in [2.75, 3.05) is 0 Å². The molecule has 1 fully saturated rings. The highest BCUT2D eigenvalue weighted by molar-refractivity contribution is 6.31. The summed E-state index contributed by atoms with van der Waals surface area (Å²) in [5.41, 5.74) is 3.88. The number of fused-ring (bicyclic) bond motifs is 1. The number of hydrogen-bond donors (Lipinski definition) is 1. The molecule has 3 aromatic rings.